The summed E-state index contributed by atoms with van der Waals surface area (Å²) in [4.78, 5) is 17.4. The molecule has 1 saturated carbocycles. The topological polar surface area (TPSA) is 44.8 Å². The number of nitrogens with zero attached hydrogens (tertiary/aromatic N) is 2. The van der Waals surface area contributed by atoms with Gasteiger partial charge < -0.3 is 10.1 Å². The molecule has 2 heterocycles. The summed E-state index contributed by atoms with van der Waals surface area (Å²) < 4.78 is 5.53. The molecule has 3 fully saturated rings. The third-order valence-electron chi connectivity index (χ3n) is 6.32. The number of likely N-dealkylation sites (tertiary alicyclic amines) is 1. The van der Waals surface area contributed by atoms with Crippen molar-refractivity contribution in [2.75, 3.05) is 52.5 Å². The lowest BCUT2D eigenvalue weighted by atomic mass is 9.79. The van der Waals surface area contributed by atoms with Gasteiger partial charge in [0.25, 0.3) is 0 Å². The van der Waals surface area contributed by atoms with E-state index < -0.39 is 0 Å². The van der Waals surface area contributed by atoms with Crippen molar-refractivity contribution in [3.63, 3.8) is 0 Å². The highest BCUT2D eigenvalue weighted by Crippen LogP contribution is 2.33. The molecule has 0 aromatic carbocycles. The van der Waals surface area contributed by atoms with Crippen LogP contribution in [0, 0.1) is 5.92 Å². The molecular formula is C19H35N3O2. The minimum atomic E-state index is 0.175. The van der Waals surface area contributed by atoms with Crippen molar-refractivity contribution >= 4 is 5.91 Å². The maximum atomic E-state index is 12.5. The summed E-state index contributed by atoms with van der Waals surface area (Å²) in [6, 6.07) is 0. The van der Waals surface area contributed by atoms with Crippen molar-refractivity contribution in [2.24, 2.45) is 5.92 Å². The fraction of sp³-hybridized carbons (Fsp3) is 0.947. The maximum absolute atomic E-state index is 12.5. The molecule has 5 heteroatoms. The minimum absolute atomic E-state index is 0.175. The highest BCUT2D eigenvalue weighted by molar-refractivity contribution is 5.78. The van der Waals surface area contributed by atoms with E-state index in [-0.39, 0.29) is 11.4 Å². The van der Waals surface area contributed by atoms with Crippen molar-refractivity contribution in [1.29, 1.82) is 0 Å². The Morgan fingerprint density at radius 2 is 1.75 bits per heavy atom. The van der Waals surface area contributed by atoms with Crippen molar-refractivity contribution in [3.8, 4) is 0 Å². The Hall–Kier alpha value is -0.650. The number of hydrogen-bond acceptors (Lipinski definition) is 4. The second kappa shape index (κ2) is 8.63. The molecule has 1 aliphatic carbocycles. The molecule has 24 heavy (non-hydrogen) atoms. The summed E-state index contributed by atoms with van der Waals surface area (Å²) in [6.45, 7) is 9.55. The average Bonchev–Trinajstić information content (AvgIpc) is 2.63. The fourth-order valence-corrected chi connectivity index (χ4v) is 4.59. The molecule has 3 rings (SSSR count). The molecule has 0 aromatic heterocycles. The first-order valence-electron chi connectivity index (χ1n) is 10.00. The molecule has 0 atom stereocenters. The smallest absolute Gasteiger partial charge is 0.234 e. The first kappa shape index (κ1) is 18.2. The van der Waals surface area contributed by atoms with Gasteiger partial charge in [0.05, 0.1) is 19.8 Å². The van der Waals surface area contributed by atoms with Crippen molar-refractivity contribution in [1.82, 2.24) is 15.1 Å². The van der Waals surface area contributed by atoms with Gasteiger partial charge in [-0.1, -0.05) is 26.2 Å². The van der Waals surface area contributed by atoms with Gasteiger partial charge >= 0.3 is 0 Å². The Morgan fingerprint density at radius 3 is 2.42 bits per heavy atom. The van der Waals surface area contributed by atoms with Crippen LogP contribution >= 0.6 is 0 Å². The van der Waals surface area contributed by atoms with E-state index in [0.29, 0.717) is 6.54 Å². The number of hydrogen-bond donors (Lipinski definition) is 1. The predicted octanol–water partition coefficient (Wildman–Crippen LogP) is 1.87. The van der Waals surface area contributed by atoms with E-state index >= 15 is 0 Å². The molecule has 0 spiro atoms. The van der Waals surface area contributed by atoms with Crippen molar-refractivity contribution in [2.45, 2.75) is 57.4 Å². The molecule has 0 bridgehead atoms. The van der Waals surface area contributed by atoms with Crippen molar-refractivity contribution < 1.29 is 9.53 Å². The van der Waals surface area contributed by atoms with Crippen LogP contribution < -0.4 is 5.32 Å². The molecule has 3 aliphatic rings. The Labute approximate surface area is 147 Å². The Bertz CT molecular complexity index is 395. The summed E-state index contributed by atoms with van der Waals surface area (Å²) >= 11 is 0. The van der Waals surface area contributed by atoms with E-state index in [4.69, 9.17) is 4.74 Å². The van der Waals surface area contributed by atoms with Gasteiger partial charge in [-0.3, -0.25) is 14.6 Å². The molecule has 0 unspecified atom stereocenters. The number of amides is 1. The van der Waals surface area contributed by atoms with E-state index in [1.807, 2.05) is 0 Å². The van der Waals surface area contributed by atoms with Gasteiger partial charge in [0.15, 0.2) is 0 Å². The lowest BCUT2D eigenvalue weighted by Gasteiger charge is -2.48. The van der Waals surface area contributed by atoms with Gasteiger partial charge in [-0.2, -0.15) is 0 Å². The normalized spacial score (nSPS) is 27.0. The number of carbonyl (C=O) groups is 1. The standard InChI is InChI=1S/C19H35N3O2/c1-17-5-9-21(10-6-17)15-18(23)20-16-19(7-3-2-4-8-19)22-11-13-24-14-12-22/h17H,2-16H2,1H3,(H,20,23). The highest BCUT2D eigenvalue weighted by Gasteiger charge is 2.38. The molecular weight excluding hydrogens is 302 g/mol. The second-order valence-corrected chi connectivity index (χ2v) is 8.12. The molecule has 2 saturated heterocycles. The highest BCUT2D eigenvalue weighted by atomic mass is 16.5. The number of nitrogens with one attached hydrogen (secondary N) is 1. The monoisotopic (exact) mass is 337 g/mol. The van der Waals surface area contributed by atoms with Gasteiger partial charge in [-0.15, -0.1) is 0 Å². The third-order valence-corrected chi connectivity index (χ3v) is 6.32. The summed E-state index contributed by atoms with van der Waals surface area (Å²) in [5.74, 6) is 1.03. The van der Waals surface area contributed by atoms with Crippen LogP contribution in [0.5, 0.6) is 0 Å². The zero-order valence-electron chi connectivity index (χ0n) is 15.4. The number of ether oxygens (including phenoxy) is 1. The van der Waals surface area contributed by atoms with E-state index in [9.17, 15) is 4.79 Å². The van der Waals surface area contributed by atoms with Crippen molar-refractivity contribution in [3.05, 3.63) is 0 Å². The van der Waals surface area contributed by atoms with Gasteiger partial charge in [0.2, 0.25) is 5.91 Å². The van der Waals surface area contributed by atoms with Crippen LogP contribution in [0.25, 0.3) is 0 Å². The Balaban J connectivity index is 1.50. The van der Waals surface area contributed by atoms with Gasteiger partial charge in [0.1, 0.15) is 0 Å². The predicted molar refractivity (Wildman–Crippen MR) is 96.1 cm³/mol. The maximum Gasteiger partial charge on any atom is 0.234 e. The average molecular weight is 338 g/mol. The van der Waals surface area contributed by atoms with Crippen LogP contribution in [-0.2, 0) is 9.53 Å². The summed E-state index contributed by atoms with van der Waals surface area (Å²) in [6.07, 6.45) is 8.81. The molecule has 5 nitrogen and oxygen atoms in total. The molecule has 1 amide bonds. The lowest BCUT2D eigenvalue weighted by Crippen LogP contribution is -2.60. The third kappa shape index (κ3) is 4.70. The van der Waals surface area contributed by atoms with E-state index in [2.05, 4.69) is 22.0 Å². The zero-order valence-corrected chi connectivity index (χ0v) is 15.4. The molecule has 2 aliphatic heterocycles. The number of rotatable bonds is 5. The lowest BCUT2D eigenvalue weighted by molar-refractivity contribution is -0.123. The van der Waals surface area contributed by atoms with Gasteiger partial charge in [-0.05, 0) is 44.7 Å². The van der Waals surface area contributed by atoms with Gasteiger partial charge in [-0.25, -0.2) is 0 Å². The second-order valence-electron chi connectivity index (χ2n) is 8.12. The Morgan fingerprint density at radius 1 is 1.08 bits per heavy atom. The molecule has 0 radical (unpaired) electrons. The summed E-state index contributed by atoms with van der Waals surface area (Å²) in [5.41, 5.74) is 0.175. The Kier molecular flexibility index (Phi) is 6.53. The van der Waals surface area contributed by atoms with E-state index in [1.165, 1.54) is 44.9 Å². The summed E-state index contributed by atoms with van der Waals surface area (Å²) in [7, 11) is 0. The number of carbonyl (C=O) groups excluding carboxylic acids is 1. The number of piperidine rings is 1. The first-order valence-corrected chi connectivity index (χ1v) is 10.00. The van der Waals surface area contributed by atoms with E-state index in [1.54, 1.807) is 0 Å². The van der Waals surface area contributed by atoms with Gasteiger partial charge in [0, 0.05) is 25.2 Å². The van der Waals surface area contributed by atoms with Crippen LogP contribution in [0.4, 0.5) is 0 Å². The van der Waals surface area contributed by atoms with Crippen LogP contribution in [0.1, 0.15) is 51.9 Å². The van der Waals surface area contributed by atoms with E-state index in [0.717, 1.165) is 51.9 Å². The molecule has 138 valence electrons. The first-order chi connectivity index (χ1) is 11.7. The van der Waals surface area contributed by atoms with Crippen LogP contribution in [0.2, 0.25) is 0 Å². The zero-order chi connectivity index (χ0) is 16.8. The number of morpholine rings is 1. The molecule has 1 N–H and O–H groups in total. The quantitative estimate of drug-likeness (QED) is 0.832. The minimum Gasteiger partial charge on any atom is -0.379 e. The summed E-state index contributed by atoms with van der Waals surface area (Å²) in [5, 5.41) is 3.29. The molecule has 0 aromatic rings. The largest absolute Gasteiger partial charge is 0.379 e. The SMILES string of the molecule is CC1CCN(CC(=O)NCC2(N3CCOCC3)CCCCC2)CC1. The fourth-order valence-electron chi connectivity index (χ4n) is 4.59. The van der Waals surface area contributed by atoms with Crippen LogP contribution in [0.15, 0.2) is 0 Å². The van der Waals surface area contributed by atoms with Crippen LogP contribution in [-0.4, -0.2) is 73.7 Å². The van der Waals surface area contributed by atoms with Crippen LogP contribution in [0.3, 0.4) is 0 Å².